The molecule has 3 heterocycles. The standard InChI is InChI=1S/C25H32N4O3/c1-25(2)6-9-29(10-7-25)22-15-19(5-8-28-11-13-31-14-12-28)3-4-21(22)27-24(30)23-16-20(17-26)18-32-23/h3-4,15-16,18H,5-14H2,1-2H3,(H,27,30). The van der Waals surface area contributed by atoms with Crippen LogP contribution in [0.5, 0.6) is 0 Å². The molecule has 7 nitrogen and oxygen atoms in total. The summed E-state index contributed by atoms with van der Waals surface area (Å²) in [7, 11) is 0. The number of benzene rings is 1. The molecule has 1 N–H and O–H groups in total. The van der Waals surface area contributed by atoms with Crippen molar-refractivity contribution in [2.45, 2.75) is 33.1 Å². The van der Waals surface area contributed by atoms with Crippen molar-refractivity contribution in [1.29, 1.82) is 5.26 Å². The molecule has 0 bridgehead atoms. The Balaban J connectivity index is 1.52. The normalized spacial score (nSPS) is 18.8. The molecule has 170 valence electrons. The Labute approximate surface area is 189 Å². The zero-order valence-electron chi connectivity index (χ0n) is 19.0. The highest BCUT2D eigenvalue weighted by Gasteiger charge is 2.27. The molecule has 1 amide bonds. The van der Waals surface area contributed by atoms with E-state index in [9.17, 15) is 4.79 Å². The van der Waals surface area contributed by atoms with Gasteiger partial charge in [0, 0.05) is 38.8 Å². The van der Waals surface area contributed by atoms with Gasteiger partial charge in [-0.1, -0.05) is 19.9 Å². The Morgan fingerprint density at radius 3 is 2.59 bits per heavy atom. The number of piperidine rings is 1. The summed E-state index contributed by atoms with van der Waals surface area (Å²) < 4.78 is 10.7. The van der Waals surface area contributed by atoms with Gasteiger partial charge in [-0.25, -0.2) is 0 Å². The molecule has 0 radical (unpaired) electrons. The van der Waals surface area contributed by atoms with E-state index in [-0.39, 0.29) is 11.7 Å². The molecule has 4 rings (SSSR count). The van der Waals surface area contributed by atoms with Gasteiger partial charge in [-0.15, -0.1) is 0 Å². The van der Waals surface area contributed by atoms with E-state index >= 15 is 0 Å². The van der Waals surface area contributed by atoms with Gasteiger partial charge in [0.25, 0.3) is 5.91 Å². The highest BCUT2D eigenvalue weighted by Crippen LogP contribution is 2.36. The zero-order valence-corrected chi connectivity index (χ0v) is 19.0. The van der Waals surface area contributed by atoms with Gasteiger partial charge in [0.1, 0.15) is 12.3 Å². The van der Waals surface area contributed by atoms with Crippen LogP contribution in [-0.4, -0.2) is 56.7 Å². The number of rotatable bonds is 6. The first-order valence-electron chi connectivity index (χ1n) is 11.4. The summed E-state index contributed by atoms with van der Waals surface area (Å²) in [6, 6.07) is 9.77. The predicted octanol–water partition coefficient (Wildman–Crippen LogP) is 3.90. The molecular formula is C25H32N4O3. The number of carbonyl (C=O) groups is 1. The predicted molar refractivity (Wildman–Crippen MR) is 124 cm³/mol. The van der Waals surface area contributed by atoms with E-state index in [4.69, 9.17) is 14.4 Å². The molecule has 2 aliphatic rings. The number of amides is 1. The maximum atomic E-state index is 12.7. The minimum Gasteiger partial charge on any atom is -0.458 e. The molecule has 0 atom stereocenters. The lowest BCUT2D eigenvalue weighted by molar-refractivity contribution is 0.0384. The van der Waals surface area contributed by atoms with Crippen LogP contribution in [0.1, 0.15) is 48.4 Å². The summed E-state index contributed by atoms with van der Waals surface area (Å²) >= 11 is 0. The average Bonchev–Trinajstić information content (AvgIpc) is 3.29. The molecule has 7 heteroatoms. The number of anilines is 2. The van der Waals surface area contributed by atoms with Gasteiger partial charge in [0.05, 0.1) is 30.2 Å². The van der Waals surface area contributed by atoms with Gasteiger partial charge >= 0.3 is 0 Å². The Hall–Kier alpha value is -2.82. The molecular weight excluding hydrogens is 404 g/mol. The maximum Gasteiger partial charge on any atom is 0.291 e. The van der Waals surface area contributed by atoms with Crippen molar-refractivity contribution in [2.24, 2.45) is 5.41 Å². The largest absolute Gasteiger partial charge is 0.458 e. The van der Waals surface area contributed by atoms with Gasteiger partial charge in [0.2, 0.25) is 0 Å². The van der Waals surface area contributed by atoms with Gasteiger partial charge in [0.15, 0.2) is 5.76 Å². The Morgan fingerprint density at radius 1 is 1.16 bits per heavy atom. The van der Waals surface area contributed by atoms with Gasteiger partial charge in [-0.05, 0) is 42.4 Å². The second kappa shape index (κ2) is 9.76. The molecule has 0 saturated carbocycles. The minimum atomic E-state index is -0.342. The third-order valence-electron chi connectivity index (χ3n) is 6.54. The quantitative estimate of drug-likeness (QED) is 0.740. The monoisotopic (exact) mass is 436 g/mol. The molecule has 1 aromatic heterocycles. The molecule has 1 aromatic carbocycles. The second-order valence-corrected chi connectivity index (χ2v) is 9.47. The fourth-order valence-corrected chi connectivity index (χ4v) is 4.26. The topological polar surface area (TPSA) is 81.7 Å². The molecule has 0 spiro atoms. The Bertz CT molecular complexity index is 975. The van der Waals surface area contributed by atoms with Crippen molar-refractivity contribution in [3.63, 3.8) is 0 Å². The van der Waals surface area contributed by atoms with Crippen LogP contribution in [0.15, 0.2) is 34.9 Å². The molecule has 2 aromatic rings. The number of nitrogens with zero attached hydrogens (tertiary/aromatic N) is 3. The van der Waals surface area contributed by atoms with Gasteiger partial charge in [-0.2, -0.15) is 5.26 Å². The van der Waals surface area contributed by atoms with Crippen LogP contribution < -0.4 is 10.2 Å². The lowest BCUT2D eigenvalue weighted by atomic mass is 9.82. The number of furan rings is 1. The van der Waals surface area contributed by atoms with Crippen molar-refractivity contribution in [3.05, 3.63) is 47.4 Å². The number of hydrogen-bond donors (Lipinski definition) is 1. The molecule has 2 fully saturated rings. The molecule has 32 heavy (non-hydrogen) atoms. The first kappa shape index (κ1) is 22.4. The van der Waals surface area contributed by atoms with Crippen molar-refractivity contribution in [3.8, 4) is 6.07 Å². The van der Waals surface area contributed by atoms with Crippen LogP contribution in [0.2, 0.25) is 0 Å². The fourth-order valence-electron chi connectivity index (χ4n) is 4.26. The fraction of sp³-hybridized carbons (Fsp3) is 0.520. The summed E-state index contributed by atoms with van der Waals surface area (Å²) in [5, 5.41) is 12.0. The number of nitrogens with one attached hydrogen (secondary N) is 1. The number of morpholine rings is 1. The van der Waals surface area contributed by atoms with Crippen molar-refractivity contribution < 1.29 is 13.9 Å². The highest BCUT2D eigenvalue weighted by molar-refractivity contribution is 6.04. The molecule has 2 saturated heterocycles. The third-order valence-corrected chi connectivity index (χ3v) is 6.54. The smallest absolute Gasteiger partial charge is 0.291 e. The van der Waals surface area contributed by atoms with Crippen molar-refractivity contribution in [1.82, 2.24) is 4.90 Å². The van der Waals surface area contributed by atoms with Crippen molar-refractivity contribution in [2.75, 3.05) is 56.2 Å². The van der Waals surface area contributed by atoms with Crippen LogP contribution in [0.25, 0.3) is 0 Å². The SMILES string of the molecule is CC1(C)CCN(c2cc(CCN3CCOCC3)ccc2NC(=O)c2cc(C#N)co2)CC1. The lowest BCUT2D eigenvalue weighted by Crippen LogP contribution is -2.38. The van der Waals surface area contributed by atoms with E-state index < -0.39 is 0 Å². The first-order chi connectivity index (χ1) is 15.4. The summed E-state index contributed by atoms with van der Waals surface area (Å²) in [6.07, 6.45) is 4.49. The second-order valence-electron chi connectivity index (χ2n) is 9.47. The maximum absolute atomic E-state index is 12.7. The van der Waals surface area contributed by atoms with Crippen LogP contribution in [0, 0.1) is 16.7 Å². The average molecular weight is 437 g/mol. The van der Waals surface area contributed by atoms with E-state index in [1.54, 1.807) is 0 Å². The summed E-state index contributed by atoms with van der Waals surface area (Å²) in [5.74, 6) is -0.199. The molecule has 0 aliphatic carbocycles. The zero-order chi connectivity index (χ0) is 22.6. The number of hydrogen-bond acceptors (Lipinski definition) is 6. The van der Waals surface area contributed by atoms with E-state index in [1.165, 1.54) is 17.9 Å². The molecule has 2 aliphatic heterocycles. The van der Waals surface area contributed by atoms with E-state index in [2.05, 4.69) is 41.1 Å². The number of carbonyl (C=O) groups excluding carboxylic acids is 1. The highest BCUT2D eigenvalue weighted by atomic mass is 16.5. The molecule has 0 unspecified atom stereocenters. The minimum absolute atomic E-state index is 0.142. The summed E-state index contributed by atoms with van der Waals surface area (Å²) in [4.78, 5) is 17.6. The summed E-state index contributed by atoms with van der Waals surface area (Å²) in [6.45, 7) is 11.1. The first-order valence-corrected chi connectivity index (χ1v) is 11.4. The van der Waals surface area contributed by atoms with Crippen LogP contribution >= 0.6 is 0 Å². The van der Waals surface area contributed by atoms with Crippen LogP contribution in [0.4, 0.5) is 11.4 Å². The number of nitriles is 1. The van der Waals surface area contributed by atoms with Crippen molar-refractivity contribution >= 4 is 17.3 Å². The van der Waals surface area contributed by atoms with Gasteiger partial charge < -0.3 is 19.4 Å². The number of ether oxygens (including phenoxy) is 1. The summed E-state index contributed by atoms with van der Waals surface area (Å²) in [5.41, 5.74) is 3.78. The van der Waals surface area contributed by atoms with Crippen LogP contribution in [-0.2, 0) is 11.2 Å². The van der Waals surface area contributed by atoms with E-state index in [0.717, 1.165) is 76.6 Å². The Morgan fingerprint density at radius 2 is 1.91 bits per heavy atom. The van der Waals surface area contributed by atoms with E-state index in [0.29, 0.717) is 11.0 Å². The van der Waals surface area contributed by atoms with E-state index in [1.807, 2.05) is 12.1 Å². The Kier molecular flexibility index (Phi) is 6.83. The third kappa shape index (κ3) is 5.50. The lowest BCUT2D eigenvalue weighted by Gasteiger charge is -2.39. The van der Waals surface area contributed by atoms with Gasteiger partial charge in [-0.3, -0.25) is 9.69 Å². The van der Waals surface area contributed by atoms with Crippen LogP contribution in [0.3, 0.4) is 0 Å².